The van der Waals surface area contributed by atoms with E-state index in [0.717, 1.165) is 10.8 Å². The zero-order valence-electron chi connectivity index (χ0n) is 19.5. The van der Waals surface area contributed by atoms with Crippen LogP contribution in [0.1, 0.15) is 24.4 Å². The van der Waals surface area contributed by atoms with Gasteiger partial charge in [-0.2, -0.15) is 23.3 Å². The SMILES string of the molecule is Cn1c(Nc2cc(C(F)(F)F)cn([C@H]3CC[C@@H]3O)c2=O)nc2ncc(Oc3cnn4ccncc34)c(Cl)c21. The third kappa shape index (κ3) is 3.92. The van der Waals surface area contributed by atoms with Crippen LogP contribution in [0.15, 0.2) is 48.0 Å². The lowest BCUT2D eigenvalue weighted by Gasteiger charge is -2.34. The minimum absolute atomic E-state index is 0.0314. The molecule has 5 heterocycles. The number of aliphatic hydroxyl groups is 1. The van der Waals surface area contributed by atoms with Crippen molar-refractivity contribution >= 4 is 39.9 Å². The smallest absolute Gasteiger partial charge is 0.417 e. The van der Waals surface area contributed by atoms with Crippen LogP contribution in [0.2, 0.25) is 5.02 Å². The number of aryl methyl sites for hydroxylation is 1. The molecule has 0 unspecified atom stereocenters. The molecule has 1 saturated carbocycles. The standard InChI is InChI=1S/C23H18ClF3N8O3/c1-33-19-18(24)17(38-16-9-30-35-5-4-28-7-14(16)35)8-29-20(19)32-22(33)31-12-6-11(23(25,26)27)10-34(21(12)37)13-2-3-15(13)36/h4-10,13,15,36H,2-3H2,1H3,(H,29,31,32)/t13-,15-/m0/s1. The number of pyridine rings is 2. The lowest BCUT2D eigenvalue weighted by atomic mass is 9.89. The summed E-state index contributed by atoms with van der Waals surface area (Å²) in [6.45, 7) is 0. The Kier molecular flexibility index (Phi) is 5.54. The Bertz CT molecular complexity index is 1760. The van der Waals surface area contributed by atoms with Crippen LogP contribution in [-0.4, -0.2) is 44.9 Å². The van der Waals surface area contributed by atoms with Crippen molar-refractivity contribution in [2.75, 3.05) is 5.32 Å². The van der Waals surface area contributed by atoms with Crippen LogP contribution in [0.5, 0.6) is 11.5 Å². The molecule has 5 aromatic heterocycles. The molecule has 11 nitrogen and oxygen atoms in total. The molecule has 2 atom stereocenters. The Morgan fingerprint density at radius 1 is 1.21 bits per heavy atom. The molecule has 1 aliphatic rings. The van der Waals surface area contributed by atoms with Gasteiger partial charge < -0.3 is 24.3 Å². The Balaban J connectivity index is 1.39. The van der Waals surface area contributed by atoms with Gasteiger partial charge in [0.05, 0.1) is 36.3 Å². The van der Waals surface area contributed by atoms with E-state index in [9.17, 15) is 23.1 Å². The number of rotatable bonds is 5. The number of nitrogens with zero attached hydrogens (tertiary/aromatic N) is 7. The fourth-order valence-electron chi connectivity index (χ4n) is 4.31. The number of halogens is 4. The molecular weight excluding hydrogens is 529 g/mol. The second-order valence-corrected chi connectivity index (χ2v) is 9.19. The van der Waals surface area contributed by atoms with Gasteiger partial charge in [0.2, 0.25) is 5.95 Å². The molecule has 0 aromatic carbocycles. The molecule has 196 valence electrons. The minimum Gasteiger partial charge on any atom is -0.450 e. The number of hydrogen-bond donors (Lipinski definition) is 2. The highest BCUT2D eigenvalue weighted by Gasteiger charge is 2.36. The molecule has 0 radical (unpaired) electrons. The largest absolute Gasteiger partial charge is 0.450 e. The normalized spacial score (nSPS) is 17.6. The highest BCUT2D eigenvalue weighted by Crippen LogP contribution is 2.38. The molecule has 1 aliphatic carbocycles. The number of fused-ring (bicyclic) bond motifs is 2. The van der Waals surface area contributed by atoms with E-state index in [4.69, 9.17) is 16.3 Å². The van der Waals surface area contributed by atoms with E-state index in [-0.39, 0.29) is 28.1 Å². The molecule has 0 saturated heterocycles. The topological polar surface area (TPSA) is 124 Å². The first-order chi connectivity index (χ1) is 18.1. The zero-order chi connectivity index (χ0) is 26.8. The van der Waals surface area contributed by atoms with Gasteiger partial charge in [-0.15, -0.1) is 0 Å². The van der Waals surface area contributed by atoms with Crippen molar-refractivity contribution in [2.45, 2.75) is 31.2 Å². The van der Waals surface area contributed by atoms with Crippen LogP contribution in [0.4, 0.5) is 24.8 Å². The van der Waals surface area contributed by atoms with Crippen LogP contribution >= 0.6 is 11.6 Å². The zero-order valence-corrected chi connectivity index (χ0v) is 20.3. The van der Waals surface area contributed by atoms with Crippen molar-refractivity contribution in [1.82, 2.24) is 33.7 Å². The highest BCUT2D eigenvalue weighted by molar-refractivity contribution is 6.36. The van der Waals surface area contributed by atoms with E-state index >= 15 is 0 Å². The number of aromatic nitrogens is 7. The number of ether oxygens (including phenoxy) is 1. The number of aliphatic hydroxyl groups excluding tert-OH is 1. The number of alkyl halides is 3. The van der Waals surface area contributed by atoms with Gasteiger partial charge in [0.15, 0.2) is 17.1 Å². The van der Waals surface area contributed by atoms with Crippen LogP contribution in [0, 0.1) is 0 Å². The fraction of sp³-hybridized carbons (Fsp3) is 0.261. The van der Waals surface area contributed by atoms with Gasteiger partial charge in [0.25, 0.3) is 5.56 Å². The molecule has 6 rings (SSSR count). The van der Waals surface area contributed by atoms with E-state index < -0.39 is 29.4 Å². The quantitative estimate of drug-likeness (QED) is 0.338. The molecule has 0 bridgehead atoms. The van der Waals surface area contributed by atoms with Gasteiger partial charge in [-0.25, -0.2) is 9.50 Å². The summed E-state index contributed by atoms with van der Waals surface area (Å²) in [5.74, 6) is 0.598. The predicted octanol–water partition coefficient (Wildman–Crippen LogP) is 4.08. The Morgan fingerprint density at radius 2 is 2.03 bits per heavy atom. The Morgan fingerprint density at radius 3 is 2.74 bits per heavy atom. The summed E-state index contributed by atoms with van der Waals surface area (Å²) in [6, 6.07) is -0.0248. The predicted molar refractivity (Wildman–Crippen MR) is 130 cm³/mol. The Hall–Kier alpha value is -4.17. The van der Waals surface area contributed by atoms with Crippen molar-refractivity contribution in [3.63, 3.8) is 0 Å². The molecule has 2 N–H and O–H groups in total. The second kappa shape index (κ2) is 8.70. The highest BCUT2D eigenvalue weighted by atomic mass is 35.5. The van der Waals surface area contributed by atoms with Gasteiger partial charge in [-0.3, -0.25) is 9.78 Å². The number of anilines is 2. The number of imidazole rings is 1. The third-order valence-electron chi connectivity index (χ3n) is 6.49. The van der Waals surface area contributed by atoms with Crippen LogP contribution < -0.4 is 15.6 Å². The van der Waals surface area contributed by atoms with Crippen molar-refractivity contribution in [3.05, 3.63) is 64.2 Å². The molecule has 0 aliphatic heterocycles. The average molecular weight is 547 g/mol. The lowest BCUT2D eigenvalue weighted by Crippen LogP contribution is -2.40. The summed E-state index contributed by atoms with van der Waals surface area (Å²) in [4.78, 5) is 25.7. The minimum atomic E-state index is -4.71. The van der Waals surface area contributed by atoms with Crippen molar-refractivity contribution in [2.24, 2.45) is 7.05 Å². The molecule has 5 aromatic rings. The molecule has 1 fully saturated rings. The summed E-state index contributed by atoms with van der Waals surface area (Å²) in [5, 5.41) is 17.0. The van der Waals surface area contributed by atoms with Gasteiger partial charge in [0.1, 0.15) is 21.7 Å². The van der Waals surface area contributed by atoms with E-state index in [1.165, 1.54) is 17.0 Å². The van der Waals surface area contributed by atoms with E-state index in [1.54, 1.807) is 30.2 Å². The molecule has 0 amide bonds. The first-order valence-electron chi connectivity index (χ1n) is 11.4. The maximum atomic E-state index is 13.6. The van der Waals surface area contributed by atoms with Gasteiger partial charge in [0, 0.05) is 25.6 Å². The summed E-state index contributed by atoms with van der Waals surface area (Å²) in [5.41, 5.74) is -1.03. The first kappa shape index (κ1) is 24.2. The van der Waals surface area contributed by atoms with Crippen LogP contribution in [0.25, 0.3) is 16.7 Å². The Labute approximate surface area is 216 Å². The maximum absolute atomic E-state index is 13.6. The average Bonchev–Trinajstić information content (AvgIpc) is 3.42. The van der Waals surface area contributed by atoms with Crippen molar-refractivity contribution in [1.29, 1.82) is 0 Å². The van der Waals surface area contributed by atoms with Gasteiger partial charge in [-0.1, -0.05) is 11.6 Å². The van der Waals surface area contributed by atoms with Crippen molar-refractivity contribution in [3.8, 4) is 11.5 Å². The molecule has 0 spiro atoms. The van der Waals surface area contributed by atoms with E-state index in [1.807, 2.05) is 0 Å². The summed E-state index contributed by atoms with van der Waals surface area (Å²) < 4.78 is 50.7. The number of nitrogens with one attached hydrogen (secondary N) is 1. The molecular formula is C23H18ClF3N8O3. The first-order valence-corrected chi connectivity index (χ1v) is 11.7. The van der Waals surface area contributed by atoms with Gasteiger partial charge >= 0.3 is 6.18 Å². The molecule has 15 heteroatoms. The summed E-state index contributed by atoms with van der Waals surface area (Å²) in [6.07, 6.45) is 3.55. The van der Waals surface area contributed by atoms with Gasteiger partial charge in [-0.05, 0) is 18.9 Å². The lowest BCUT2D eigenvalue weighted by molar-refractivity contribution is -0.138. The monoisotopic (exact) mass is 546 g/mol. The maximum Gasteiger partial charge on any atom is 0.417 e. The van der Waals surface area contributed by atoms with Crippen LogP contribution in [0.3, 0.4) is 0 Å². The van der Waals surface area contributed by atoms with E-state index in [0.29, 0.717) is 35.7 Å². The number of hydrogen-bond acceptors (Lipinski definition) is 8. The fourth-order valence-corrected chi connectivity index (χ4v) is 4.61. The third-order valence-corrected chi connectivity index (χ3v) is 6.86. The van der Waals surface area contributed by atoms with Crippen molar-refractivity contribution < 1.29 is 23.0 Å². The van der Waals surface area contributed by atoms with Crippen LogP contribution in [-0.2, 0) is 13.2 Å². The second-order valence-electron chi connectivity index (χ2n) is 8.81. The summed E-state index contributed by atoms with van der Waals surface area (Å²) in [7, 11) is 1.57. The summed E-state index contributed by atoms with van der Waals surface area (Å²) >= 11 is 6.62. The van der Waals surface area contributed by atoms with E-state index in [2.05, 4.69) is 25.4 Å². The molecule has 38 heavy (non-hydrogen) atoms.